The molecule has 1 aromatic rings. The van der Waals surface area contributed by atoms with E-state index in [1.165, 1.54) is 44.1 Å². The van der Waals surface area contributed by atoms with Crippen LogP contribution in [0.3, 0.4) is 0 Å². The predicted molar refractivity (Wildman–Crippen MR) is 54.4 cm³/mol. The lowest BCUT2D eigenvalue weighted by Gasteiger charge is -2.08. The Morgan fingerprint density at radius 3 is 2.85 bits per heavy atom. The zero-order valence-corrected chi connectivity index (χ0v) is 7.96. The minimum absolute atomic E-state index is 1.07. The minimum atomic E-state index is 1.07. The molecule has 1 heterocycles. The molecule has 1 nitrogen and oxygen atoms in total. The third-order valence-corrected chi connectivity index (χ3v) is 2.63. The first-order valence-corrected chi connectivity index (χ1v) is 5.20. The third kappa shape index (κ3) is 2.24. The van der Waals surface area contributed by atoms with Gasteiger partial charge in [0, 0.05) is 0 Å². The van der Waals surface area contributed by atoms with E-state index in [1.54, 1.807) is 6.26 Å². The average Bonchev–Trinajstić information content (AvgIpc) is 2.55. The quantitative estimate of drug-likeness (QED) is 0.630. The van der Waals surface area contributed by atoms with Crippen molar-refractivity contribution in [1.82, 2.24) is 0 Å². The van der Waals surface area contributed by atoms with Gasteiger partial charge in [-0.1, -0.05) is 18.9 Å². The summed E-state index contributed by atoms with van der Waals surface area (Å²) >= 11 is 0. The molecule has 0 radical (unpaired) electrons. The van der Waals surface area contributed by atoms with E-state index in [4.69, 9.17) is 4.42 Å². The van der Waals surface area contributed by atoms with E-state index in [0.717, 1.165) is 5.76 Å². The van der Waals surface area contributed by atoms with Crippen molar-refractivity contribution in [2.45, 2.75) is 38.5 Å². The highest BCUT2D eigenvalue weighted by molar-refractivity contribution is 5.61. The molecule has 1 aliphatic rings. The van der Waals surface area contributed by atoms with Crippen LogP contribution in [0.25, 0.3) is 5.57 Å². The summed E-state index contributed by atoms with van der Waals surface area (Å²) < 4.78 is 5.40. The van der Waals surface area contributed by atoms with Crippen LogP contribution in [-0.4, -0.2) is 0 Å². The van der Waals surface area contributed by atoms with Crippen molar-refractivity contribution in [2.24, 2.45) is 0 Å². The maximum atomic E-state index is 5.40. The molecule has 0 atom stereocenters. The molecular weight excluding hydrogens is 160 g/mol. The SMILES string of the molecule is C1=C(/c2ccco2)CCCCCC/1. The molecule has 2 rings (SSSR count). The Balaban J connectivity index is 2.11. The van der Waals surface area contributed by atoms with Crippen molar-refractivity contribution in [2.75, 3.05) is 0 Å². The van der Waals surface area contributed by atoms with Gasteiger partial charge >= 0.3 is 0 Å². The molecule has 1 aromatic heterocycles. The van der Waals surface area contributed by atoms with Gasteiger partial charge in [-0.05, 0) is 43.4 Å². The Morgan fingerprint density at radius 2 is 2.00 bits per heavy atom. The molecule has 0 bridgehead atoms. The monoisotopic (exact) mass is 176 g/mol. The van der Waals surface area contributed by atoms with Gasteiger partial charge in [-0.15, -0.1) is 0 Å². The Labute approximate surface area is 79.4 Å². The fraction of sp³-hybridized carbons (Fsp3) is 0.500. The van der Waals surface area contributed by atoms with E-state index in [-0.39, 0.29) is 0 Å². The zero-order valence-electron chi connectivity index (χ0n) is 7.96. The second kappa shape index (κ2) is 4.31. The number of allylic oxidation sites excluding steroid dienone is 2. The summed E-state index contributed by atoms with van der Waals surface area (Å²) in [5, 5.41) is 0. The molecule has 13 heavy (non-hydrogen) atoms. The van der Waals surface area contributed by atoms with Crippen molar-refractivity contribution < 1.29 is 4.42 Å². The first-order valence-electron chi connectivity index (χ1n) is 5.20. The van der Waals surface area contributed by atoms with Gasteiger partial charge < -0.3 is 4.42 Å². The zero-order chi connectivity index (χ0) is 8.93. The molecule has 0 N–H and O–H groups in total. The summed E-state index contributed by atoms with van der Waals surface area (Å²) in [6, 6.07) is 4.03. The molecule has 0 fully saturated rings. The highest BCUT2D eigenvalue weighted by Gasteiger charge is 2.06. The summed E-state index contributed by atoms with van der Waals surface area (Å²) in [4.78, 5) is 0. The lowest BCUT2D eigenvalue weighted by molar-refractivity contribution is 0.544. The Hall–Kier alpha value is -0.980. The third-order valence-electron chi connectivity index (χ3n) is 2.63. The maximum Gasteiger partial charge on any atom is 0.129 e. The first-order chi connectivity index (χ1) is 6.47. The van der Waals surface area contributed by atoms with Crippen LogP contribution in [0.1, 0.15) is 44.3 Å². The molecule has 0 saturated heterocycles. The molecule has 70 valence electrons. The molecule has 0 amide bonds. The summed E-state index contributed by atoms with van der Waals surface area (Å²) in [5.41, 5.74) is 1.41. The highest BCUT2D eigenvalue weighted by Crippen LogP contribution is 2.25. The van der Waals surface area contributed by atoms with Gasteiger partial charge in [0.2, 0.25) is 0 Å². The lowest BCUT2D eigenvalue weighted by atomic mass is 9.99. The van der Waals surface area contributed by atoms with Crippen LogP contribution in [-0.2, 0) is 0 Å². The van der Waals surface area contributed by atoms with Gasteiger partial charge in [0.15, 0.2) is 0 Å². The smallest absolute Gasteiger partial charge is 0.129 e. The van der Waals surface area contributed by atoms with Crippen LogP contribution in [0.2, 0.25) is 0 Å². The fourth-order valence-corrected chi connectivity index (χ4v) is 1.88. The molecule has 0 saturated carbocycles. The second-order valence-electron chi connectivity index (χ2n) is 3.66. The fourth-order valence-electron chi connectivity index (χ4n) is 1.88. The van der Waals surface area contributed by atoms with Crippen LogP contribution in [0.5, 0.6) is 0 Å². The lowest BCUT2D eigenvalue weighted by Crippen LogP contribution is -1.88. The standard InChI is InChI=1S/C12H16O/c1-2-4-7-11(8-5-3-1)12-9-6-10-13-12/h6-7,9-10H,1-5,8H2/b11-7+. The van der Waals surface area contributed by atoms with Crippen molar-refractivity contribution in [1.29, 1.82) is 0 Å². The summed E-state index contributed by atoms with van der Waals surface area (Å²) in [7, 11) is 0. The van der Waals surface area contributed by atoms with Crippen LogP contribution < -0.4 is 0 Å². The van der Waals surface area contributed by atoms with Crippen molar-refractivity contribution in [3.63, 3.8) is 0 Å². The summed E-state index contributed by atoms with van der Waals surface area (Å²) in [5.74, 6) is 1.07. The molecule has 1 heteroatoms. The average molecular weight is 176 g/mol. The molecule has 0 aliphatic heterocycles. The number of furan rings is 1. The molecule has 0 unspecified atom stereocenters. The minimum Gasteiger partial charge on any atom is -0.465 e. The van der Waals surface area contributed by atoms with E-state index in [1.807, 2.05) is 6.07 Å². The van der Waals surface area contributed by atoms with Crippen molar-refractivity contribution >= 4 is 5.57 Å². The number of hydrogen-bond donors (Lipinski definition) is 0. The van der Waals surface area contributed by atoms with Crippen molar-refractivity contribution in [3.05, 3.63) is 30.2 Å². The Kier molecular flexibility index (Phi) is 2.86. The van der Waals surface area contributed by atoms with Crippen LogP contribution >= 0.6 is 0 Å². The largest absolute Gasteiger partial charge is 0.465 e. The summed E-state index contributed by atoms with van der Waals surface area (Å²) in [6.07, 6.45) is 11.9. The predicted octanol–water partition coefficient (Wildman–Crippen LogP) is 4.02. The number of rotatable bonds is 1. The van der Waals surface area contributed by atoms with Gasteiger partial charge in [0.05, 0.1) is 6.26 Å². The van der Waals surface area contributed by atoms with Gasteiger partial charge in [-0.25, -0.2) is 0 Å². The Morgan fingerprint density at radius 1 is 1.08 bits per heavy atom. The topological polar surface area (TPSA) is 13.1 Å². The molecule has 0 spiro atoms. The van der Waals surface area contributed by atoms with Crippen LogP contribution in [0, 0.1) is 0 Å². The van der Waals surface area contributed by atoms with Gasteiger partial charge in [0.1, 0.15) is 5.76 Å². The molecule has 1 aliphatic carbocycles. The molecule has 0 aromatic carbocycles. The van der Waals surface area contributed by atoms with Crippen LogP contribution in [0.15, 0.2) is 28.9 Å². The van der Waals surface area contributed by atoms with E-state index in [9.17, 15) is 0 Å². The summed E-state index contributed by atoms with van der Waals surface area (Å²) in [6.45, 7) is 0. The van der Waals surface area contributed by atoms with E-state index in [2.05, 4.69) is 12.1 Å². The van der Waals surface area contributed by atoms with Gasteiger partial charge in [-0.3, -0.25) is 0 Å². The first kappa shape index (κ1) is 8.61. The highest BCUT2D eigenvalue weighted by atomic mass is 16.3. The van der Waals surface area contributed by atoms with Crippen LogP contribution in [0.4, 0.5) is 0 Å². The van der Waals surface area contributed by atoms with E-state index in [0.29, 0.717) is 0 Å². The van der Waals surface area contributed by atoms with Gasteiger partial charge in [-0.2, -0.15) is 0 Å². The van der Waals surface area contributed by atoms with Crippen molar-refractivity contribution in [3.8, 4) is 0 Å². The second-order valence-corrected chi connectivity index (χ2v) is 3.66. The van der Waals surface area contributed by atoms with Gasteiger partial charge in [0.25, 0.3) is 0 Å². The molecular formula is C12H16O. The van der Waals surface area contributed by atoms with E-state index < -0.39 is 0 Å². The number of hydrogen-bond acceptors (Lipinski definition) is 1. The maximum absolute atomic E-state index is 5.40. The Bertz CT molecular complexity index is 269. The normalized spacial score (nSPS) is 22.9. The van der Waals surface area contributed by atoms with E-state index >= 15 is 0 Å².